The van der Waals surface area contributed by atoms with Gasteiger partial charge >= 0.3 is 0 Å². The highest BCUT2D eigenvalue weighted by molar-refractivity contribution is 8.33. The van der Waals surface area contributed by atoms with E-state index in [-0.39, 0.29) is 0 Å². The molecule has 0 saturated heterocycles. The summed E-state index contributed by atoms with van der Waals surface area (Å²) in [6.45, 7) is 0. The number of benzene rings is 5. The molecule has 0 N–H and O–H groups in total. The number of anilines is 3. The lowest BCUT2D eigenvalue weighted by Crippen LogP contribution is -2.19. The van der Waals surface area contributed by atoms with Crippen molar-refractivity contribution in [2.45, 2.75) is 9.79 Å². The fraction of sp³-hybridized carbons (Fsp3) is 0.0625. The van der Waals surface area contributed by atoms with Gasteiger partial charge in [-0.15, -0.1) is 0 Å². The molecule has 5 aromatic carbocycles. The molecule has 0 bridgehead atoms. The van der Waals surface area contributed by atoms with Gasteiger partial charge in [-0.3, -0.25) is 0 Å². The van der Waals surface area contributed by atoms with Gasteiger partial charge in [0, 0.05) is 27.1 Å². The van der Waals surface area contributed by atoms with Gasteiger partial charge in [-0.2, -0.15) is 10.0 Å². The topological polar surface area (TPSA) is 29.0 Å². The summed E-state index contributed by atoms with van der Waals surface area (Å²) in [5, 5.41) is 3.48. The Balaban J connectivity index is 1.40. The van der Waals surface area contributed by atoms with Crippen LogP contribution in [-0.2, 0) is 0 Å². The molecule has 6 aromatic rings. The highest BCUT2D eigenvalue weighted by atomic mass is 32.3. The zero-order valence-corrected chi connectivity index (χ0v) is 21.0. The summed E-state index contributed by atoms with van der Waals surface area (Å²) < 4.78 is 0. The lowest BCUT2D eigenvalue weighted by Gasteiger charge is -2.45. The number of fused-ring (bicyclic) bond motifs is 5. The molecule has 4 heteroatoms. The van der Waals surface area contributed by atoms with Crippen LogP contribution in [0.15, 0.2) is 125 Å². The number of rotatable bonds is 2. The second kappa shape index (κ2) is 7.94. The van der Waals surface area contributed by atoms with Gasteiger partial charge in [0.2, 0.25) is 0 Å². The van der Waals surface area contributed by atoms with Crippen LogP contribution in [0.1, 0.15) is 0 Å². The van der Waals surface area contributed by atoms with E-state index in [1.54, 1.807) is 6.33 Å². The van der Waals surface area contributed by atoms with Gasteiger partial charge in [0.1, 0.15) is 6.33 Å². The summed E-state index contributed by atoms with van der Waals surface area (Å²) in [6.07, 6.45) is 8.34. The van der Waals surface area contributed by atoms with Crippen LogP contribution in [0.2, 0.25) is 0 Å². The van der Waals surface area contributed by atoms with Crippen LogP contribution >= 0.6 is 10.0 Å². The standard InChI is InChI=1S/C32H25N3S/c1-36(2)31-13-7-5-11-29(31)35(30-12-6-8-14-32(30)36)23-17-15-22(16-18-23)26-19-28-27(20-33-21-34-28)25-10-4-3-9-24(25)26/h3-21H,1-2H3. The number of hydrogen-bond donors (Lipinski definition) is 0. The third-order valence-corrected chi connectivity index (χ3v) is 10.2. The molecule has 0 fully saturated rings. The zero-order valence-electron chi connectivity index (χ0n) is 20.2. The van der Waals surface area contributed by atoms with Crippen molar-refractivity contribution in [3.05, 3.63) is 116 Å². The van der Waals surface area contributed by atoms with E-state index in [1.807, 2.05) is 6.20 Å². The lowest BCUT2D eigenvalue weighted by molar-refractivity contribution is 1.15. The first kappa shape index (κ1) is 21.2. The van der Waals surface area contributed by atoms with E-state index in [9.17, 15) is 0 Å². The van der Waals surface area contributed by atoms with Crippen molar-refractivity contribution >= 4 is 48.8 Å². The Kier molecular flexibility index (Phi) is 4.66. The quantitative estimate of drug-likeness (QED) is 0.231. The van der Waals surface area contributed by atoms with Crippen molar-refractivity contribution < 1.29 is 0 Å². The van der Waals surface area contributed by atoms with E-state index < -0.39 is 10.0 Å². The molecular weight excluding hydrogens is 458 g/mol. The molecule has 0 aliphatic carbocycles. The molecular formula is C32H25N3S. The number of hydrogen-bond acceptors (Lipinski definition) is 3. The SMILES string of the molecule is CS1(C)c2ccccc2N(c2ccc(-c3cc4ncncc4c4ccccc34)cc2)c2ccccc21. The van der Waals surface area contributed by atoms with Crippen molar-refractivity contribution in [2.75, 3.05) is 17.4 Å². The Morgan fingerprint density at radius 2 is 1.25 bits per heavy atom. The van der Waals surface area contributed by atoms with Gasteiger partial charge in [-0.1, -0.05) is 60.7 Å². The van der Waals surface area contributed by atoms with E-state index >= 15 is 0 Å². The molecule has 0 spiro atoms. The smallest absolute Gasteiger partial charge is 0.116 e. The Labute approximate surface area is 212 Å². The molecule has 0 amide bonds. The number of nitrogens with zero attached hydrogens (tertiary/aromatic N) is 3. The van der Waals surface area contributed by atoms with Gasteiger partial charge in [-0.25, -0.2) is 9.97 Å². The molecule has 1 aromatic heterocycles. The predicted molar refractivity (Wildman–Crippen MR) is 153 cm³/mol. The zero-order chi connectivity index (χ0) is 24.3. The monoisotopic (exact) mass is 483 g/mol. The Hall–Kier alpha value is -4.15. The van der Waals surface area contributed by atoms with Crippen LogP contribution in [0, 0.1) is 0 Å². The number of aromatic nitrogens is 2. The van der Waals surface area contributed by atoms with Crippen LogP contribution in [0.5, 0.6) is 0 Å². The fourth-order valence-electron chi connectivity index (χ4n) is 5.53. The van der Waals surface area contributed by atoms with Crippen LogP contribution in [0.3, 0.4) is 0 Å². The molecule has 3 nitrogen and oxygen atoms in total. The summed E-state index contributed by atoms with van der Waals surface area (Å²) in [5.74, 6) is 0. The fourth-order valence-corrected chi connectivity index (χ4v) is 7.97. The average Bonchev–Trinajstić information content (AvgIpc) is 2.93. The minimum atomic E-state index is -1.09. The molecule has 7 rings (SSSR count). The maximum absolute atomic E-state index is 4.56. The van der Waals surface area contributed by atoms with Crippen LogP contribution in [-0.4, -0.2) is 22.5 Å². The van der Waals surface area contributed by atoms with E-state index in [4.69, 9.17) is 0 Å². The molecule has 0 saturated carbocycles. The van der Waals surface area contributed by atoms with Gasteiger partial charge in [0.15, 0.2) is 0 Å². The normalized spacial score (nSPS) is 14.9. The van der Waals surface area contributed by atoms with E-state index in [0.29, 0.717) is 0 Å². The lowest BCUT2D eigenvalue weighted by atomic mass is 9.95. The predicted octanol–water partition coefficient (Wildman–Crippen LogP) is 8.72. The second-order valence-corrected chi connectivity index (χ2v) is 13.1. The molecule has 174 valence electrons. The summed E-state index contributed by atoms with van der Waals surface area (Å²) in [6, 6.07) is 37.4. The van der Waals surface area contributed by atoms with Gasteiger partial charge < -0.3 is 4.90 Å². The van der Waals surface area contributed by atoms with E-state index in [2.05, 4.69) is 131 Å². The van der Waals surface area contributed by atoms with Crippen molar-refractivity contribution in [1.82, 2.24) is 9.97 Å². The highest BCUT2D eigenvalue weighted by Gasteiger charge is 2.33. The van der Waals surface area contributed by atoms with Crippen molar-refractivity contribution in [3.63, 3.8) is 0 Å². The molecule has 2 heterocycles. The third kappa shape index (κ3) is 3.08. The Morgan fingerprint density at radius 3 is 1.94 bits per heavy atom. The first-order valence-electron chi connectivity index (χ1n) is 12.1. The molecule has 0 radical (unpaired) electrons. The minimum Gasteiger partial charge on any atom is -0.308 e. The van der Waals surface area contributed by atoms with Crippen LogP contribution in [0.25, 0.3) is 32.8 Å². The summed E-state index contributed by atoms with van der Waals surface area (Å²) in [7, 11) is -1.09. The maximum Gasteiger partial charge on any atom is 0.116 e. The Morgan fingerprint density at radius 1 is 0.639 bits per heavy atom. The maximum atomic E-state index is 4.56. The van der Waals surface area contributed by atoms with E-state index in [1.165, 1.54) is 48.8 Å². The van der Waals surface area contributed by atoms with Gasteiger partial charge in [-0.05, 0) is 76.9 Å². The van der Waals surface area contributed by atoms with Gasteiger partial charge in [0.25, 0.3) is 0 Å². The first-order chi connectivity index (χ1) is 17.6. The molecule has 1 aliphatic rings. The molecule has 0 atom stereocenters. The van der Waals surface area contributed by atoms with Crippen molar-refractivity contribution in [1.29, 1.82) is 0 Å². The average molecular weight is 484 g/mol. The van der Waals surface area contributed by atoms with Crippen molar-refractivity contribution in [2.24, 2.45) is 0 Å². The molecule has 1 aliphatic heterocycles. The largest absolute Gasteiger partial charge is 0.308 e. The summed E-state index contributed by atoms with van der Waals surface area (Å²) >= 11 is 0. The summed E-state index contributed by atoms with van der Waals surface area (Å²) in [4.78, 5) is 14.1. The third-order valence-electron chi connectivity index (χ3n) is 7.28. The Bertz CT molecular complexity index is 1720. The first-order valence-corrected chi connectivity index (χ1v) is 14.5. The minimum absolute atomic E-state index is 0.965. The molecule has 36 heavy (non-hydrogen) atoms. The van der Waals surface area contributed by atoms with Crippen LogP contribution < -0.4 is 4.90 Å². The van der Waals surface area contributed by atoms with Crippen molar-refractivity contribution in [3.8, 4) is 11.1 Å². The highest BCUT2D eigenvalue weighted by Crippen LogP contribution is 2.67. The van der Waals surface area contributed by atoms with Gasteiger partial charge in [0.05, 0.1) is 16.9 Å². The second-order valence-electron chi connectivity index (χ2n) is 9.57. The van der Waals surface area contributed by atoms with Crippen LogP contribution in [0.4, 0.5) is 17.1 Å². The number of para-hydroxylation sites is 2. The summed E-state index contributed by atoms with van der Waals surface area (Å²) in [5.41, 5.74) is 7.05. The van der Waals surface area contributed by atoms with E-state index in [0.717, 1.165) is 10.9 Å². The molecule has 0 unspecified atom stereocenters.